The van der Waals surface area contributed by atoms with Crippen molar-refractivity contribution in [2.45, 2.75) is 13.0 Å². The fraction of sp³-hybridized carbons (Fsp3) is 0.211. The summed E-state index contributed by atoms with van der Waals surface area (Å²) in [6.07, 6.45) is 1.92. The Hall–Kier alpha value is -2.39. The quantitative estimate of drug-likeness (QED) is 0.727. The number of para-hydroxylation sites is 1. The molecular formula is C19H20N2O. The fourth-order valence-corrected chi connectivity index (χ4v) is 2.76. The third-order valence-electron chi connectivity index (χ3n) is 4.07. The maximum absolute atomic E-state index is 12.5. The Balaban J connectivity index is 1.74. The van der Waals surface area contributed by atoms with Crippen LogP contribution in [0.5, 0.6) is 0 Å². The average molecular weight is 292 g/mol. The summed E-state index contributed by atoms with van der Waals surface area (Å²) in [4.78, 5) is 12.5. The van der Waals surface area contributed by atoms with Gasteiger partial charge in [-0.1, -0.05) is 48.5 Å². The van der Waals surface area contributed by atoms with Crippen LogP contribution in [0.15, 0.2) is 60.8 Å². The van der Waals surface area contributed by atoms with E-state index in [2.05, 4.69) is 24.4 Å². The topological polar surface area (TPSA) is 34.0 Å². The molecule has 1 aromatic heterocycles. The summed E-state index contributed by atoms with van der Waals surface area (Å²) >= 11 is 0. The average Bonchev–Trinajstić information content (AvgIpc) is 2.91. The van der Waals surface area contributed by atoms with Gasteiger partial charge >= 0.3 is 0 Å². The van der Waals surface area contributed by atoms with Crippen LogP contribution >= 0.6 is 0 Å². The molecule has 0 aliphatic rings. The molecule has 22 heavy (non-hydrogen) atoms. The minimum Gasteiger partial charge on any atom is -0.350 e. The first-order chi connectivity index (χ1) is 10.7. The van der Waals surface area contributed by atoms with Crippen LogP contribution in [-0.2, 0) is 7.05 Å². The Kier molecular flexibility index (Phi) is 4.07. The van der Waals surface area contributed by atoms with E-state index in [1.807, 2.05) is 60.3 Å². The van der Waals surface area contributed by atoms with E-state index in [1.165, 1.54) is 5.56 Å². The van der Waals surface area contributed by atoms with Gasteiger partial charge in [0.1, 0.15) is 0 Å². The van der Waals surface area contributed by atoms with E-state index in [0.29, 0.717) is 6.54 Å². The van der Waals surface area contributed by atoms with Crippen LogP contribution in [0.2, 0.25) is 0 Å². The molecule has 0 saturated carbocycles. The number of ketones is 1. The van der Waals surface area contributed by atoms with Crippen molar-refractivity contribution in [2.75, 3.05) is 6.54 Å². The molecule has 112 valence electrons. The largest absolute Gasteiger partial charge is 0.350 e. The lowest BCUT2D eigenvalue weighted by Gasteiger charge is -2.13. The summed E-state index contributed by atoms with van der Waals surface area (Å²) in [7, 11) is 1.97. The molecule has 0 aliphatic carbocycles. The van der Waals surface area contributed by atoms with Gasteiger partial charge in [0.25, 0.3) is 0 Å². The van der Waals surface area contributed by atoms with Gasteiger partial charge in [-0.05, 0) is 18.6 Å². The van der Waals surface area contributed by atoms with Gasteiger partial charge in [0, 0.05) is 35.8 Å². The van der Waals surface area contributed by atoms with E-state index < -0.39 is 0 Å². The zero-order chi connectivity index (χ0) is 15.5. The van der Waals surface area contributed by atoms with Crippen LogP contribution in [0.4, 0.5) is 0 Å². The smallest absolute Gasteiger partial charge is 0.178 e. The minimum absolute atomic E-state index is 0.125. The van der Waals surface area contributed by atoms with Gasteiger partial charge in [0.15, 0.2) is 5.78 Å². The predicted octanol–water partition coefficient (Wildman–Crippen LogP) is 3.71. The fourth-order valence-electron chi connectivity index (χ4n) is 2.76. The SMILES string of the molecule is CC(NCC(=O)c1cn(C)c2ccccc12)c1ccccc1. The molecule has 3 heteroatoms. The highest BCUT2D eigenvalue weighted by atomic mass is 16.1. The molecule has 1 atom stereocenters. The zero-order valence-corrected chi connectivity index (χ0v) is 12.9. The molecule has 0 spiro atoms. The molecule has 0 saturated heterocycles. The molecule has 1 unspecified atom stereocenters. The summed E-state index contributed by atoms with van der Waals surface area (Å²) in [6, 6.07) is 18.3. The summed E-state index contributed by atoms with van der Waals surface area (Å²) in [5, 5.41) is 4.33. The van der Waals surface area contributed by atoms with Crippen molar-refractivity contribution >= 4 is 16.7 Å². The number of carbonyl (C=O) groups excluding carboxylic acids is 1. The summed E-state index contributed by atoms with van der Waals surface area (Å²) < 4.78 is 2.00. The number of nitrogens with one attached hydrogen (secondary N) is 1. The summed E-state index contributed by atoms with van der Waals surface area (Å²) in [6.45, 7) is 2.41. The first-order valence-corrected chi connectivity index (χ1v) is 7.52. The summed E-state index contributed by atoms with van der Waals surface area (Å²) in [5.74, 6) is 0.125. The number of benzene rings is 2. The lowest BCUT2D eigenvalue weighted by molar-refractivity contribution is 0.0989. The normalized spacial score (nSPS) is 12.5. The molecule has 3 aromatic rings. The third kappa shape index (κ3) is 2.81. The van der Waals surface area contributed by atoms with E-state index in [4.69, 9.17) is 0 Å². The lowest BCUT2D eigenvalue weighted by Crippen LogP contribution is -2.25. The number of fused-ring (bicyclic) bond motifs is 1. The number of aromatic nitrogens is 1. The van der Waals surface area contributed by atoms with Gasteiger partial charge in [0.05, 0.1) is 6.54 Å². The van der Waals surface area contributed by atoms with Gasteiger partial charge < -0.3 is 9.88 Å². The van der Waals surface area contributed by atoms with E-state index in [-0.39, 0.29) is 11.8 Å². The molecule has 2 aromatic carbocycles. The molecule has 3 nitrogen and oxygen atoms in total. The maximum atomic E-state index is 12.5. The Morgan fingerprint density at radius 2 is 1.77 bits per heavy atom. The number of nitrogens with zero attached hydrogens (tertiary/aromatic N) is 1. The maximum Gasteiger partial charge on any atom is 0.178 e. The van der Waals surface area contributed by atoms with Crippen molar-refractivity contribution in [2.24, 2.45) is 7.05 Å². The number of carbonyl (C=O) groups is 1. The van der Waals surface area contributed by atoms with Gasteiger partial charge in [-0.25, -0.2) is 0 Å². The van der Waals surface area contributed by atoms with Crippen molar-refractivity contribution in [3.8, 4) is 0 Å². The van der Waals surface area contributed by atoms with Gasteiger partial charge in [-0.2, -0.15) is 0 Å². The van der Waals surface area contributed by atoms with Crippen LogP contribution in [0.3, 0.4) is 0 Å². The van der Waals surface area contributed by atoms with Gasteiger partial charge in [-0.3, -0.25) is 4.79 Å². The second kappa shape index (κ2) is 6.16. The highest BCUT2D eigenvalue weighted by Crippen LogP contribution is 2.21. The predicted molar refractivity (Wildman–Crippen MR) is 90.1 cm³/mol. The molecule has 0 fully saturated rings. The Morgan fingerprint density at radius 1 is 1.09 bits per heavy atom. The first kappa shape index (κ1) is 14.5. The summed E-state index contributed by atoms with van der Waals surface area (Å²) in [5.41, 5.74) is 3.06. The minimum atomic E-state index is 0.125. The molecule has 0 aliphatic heterocycles. The molecule has 3 rings (SSSR count). The number of hydrogen-bond donors (Lipinski definition) is 1. The molecular weight excluding hydrogens is 272 g/mol. The Bertz CT molecular complexity index is 790. The third-order valence-corrected chi connectivity index (χ3v) is 4.07. The van der Waals surface area contributed by atoms with E-state index >= 15 is 0 Å². The van der Waals surface area contributed by atoms with Crippen LogP contribution < -0.4 is 5.32 Å². The van der Waals surface area contributed by atoms with Crippen molar-refractivity contribution in [3.63, 3.8) is 0 Å². The van der Waals surface area contributed by atoms with Crippen LogP contribution in [-0.4, -0.2) is 16.9 Å². The Labute approximate surface area is 130 Å². The Morgan fingerprint density at radius 3 is 2.55 bits per heavy atom. The number of hydrogen-bond acceptors (Lipinski definition) is 2. The number of rotatable bonds is 5. The second-order valence-electron chi connectivity index (χ2n) is 5.61. The standard InChI is InChI=1S/C19H20N2O/c1-14(15-8-4-3-5-9-15)20-12-19(22)17-13-21(2)18-11-7-6-10-16(17)18/h3-11,13-14,20H,12H2,1-2H3. The van der Waals surface area contributed by atoms with Crippen LogP contribution in [0.1, 0.15) is 28.9 Å². The molecule has 0 radical (unpaired) electrons. The number of aryl methyl sites for hydroxylation is 1. The second-order valence-corrected chi connectivity index (χ2v) is 5.61. The van der Waals surface area contributed by atoms with Crippen molar-refractivity contribution in [1.82, 2.24) is 9.88 Å². The van der Waals surface area contributed by atoms with E-state index in [9.17, 15) is 4.79 Å². The monoisotopic (exact) mass is 292 g/mol. The van der Waals surface area contributed by atoms with Crippen molar-refractivity contribution in [3.05, 3.63) is 71.9 Å². The highest BCUT2D eigenvalue weighted by Gasteiger charge is 2.14. The highest BCUT2D eigenvalue weighted by molar-refractivity contribution is 6.09. The molecule has 0 amide bonds. The first-order valence-electron chi connectivity index (χ1n) is 7.52. The lowest BCUT2D eigenvalue weighted by atomic mass is 10.1. The number of Topliss-reactive ketones (excluding diaryl/α,β-unsaturated/α-hetero) is 1. The van der Waals surface area contributed by atoms with E-state index in [1.54, 1.807) is 0 Å². The van der Waals surface area contributed by atoms with Gasteiger partial charge in [0.2, 0.25) is 0 Å². The molecule has 1 N–H and O–H groups in total. The van der Waals surface area contributed by atoms with E-state index in [0.717, 1.165) is 16.5 Å². The zero-order valence-electron chi connectivity index (χ0n) is 12.9. The van der Waals surface area contributed by atoms with Crippen LogP contribution in [0.25, 0.3) is 10.9 Å². The van der Waals surface area contributed by atoms with Crippen molar-refractivity contribution in [1.29, 1.82) is 0 Å². The molecule has 1 heterocycles. The van der Waals surface area contributed by atoms with Gasteiger partial charge in [-0.15, -0.1) is 0 Å². The van der Waals surface area contributed by atoms with Crippen LogP contribution in [0, 0.1) is 0 Å². The molecule has 0 bridgehead atoms. The van der Waals surface area contributed by atoms with Crippen molar-refractivity contribution < 1.29 is 4.79 Å².